The Morgan fingerprint density at radius 2 is 2.29 bits per heavy atom. The molecular weight excluding hydrogens is 288 g/mol. The third-order valence-corrected chi connectivity index (χ3v) is 4.45. The summed E-state index contributed by atoms with van der Waals surface area (Å²) in [6.45, 7) is 0.733. The Balaban J connectivity index is 1.83. The number of methoxy groups -OCH3 is 1. The van der Waals surface area contributed by atoms with Gasteiger partial charge >= 0.3 is 0 Å². The monoisotopic (exact) mass is 304 g/mol. The summed E-state index contributed by atoms with van der Waals surface area (Å²) in [7, 11) is 1.52. The van der Waals surface area contributed by atoms with E-state index in [2.05, 4.69) is 15.2 Å². The van der Waals surface area contributed by atoms with Crippen LogP contribution in [0.15, 0.2) is 23.7 Å². The lowest BCUT2D eigenvalue weighted by atomic mass is 10.0. The lowest BCUT2D eigenvalue weighted by molar-refractivity contribution is 0.0603. The van der Waals surface area contributed by atoms with Crippen LogP contribution >= 0.6 is 11.3 Å². The first-order valence-corrected chi connectivity index (χ1v) is 7.75. The quantitative estimate of drug-likeness (QED) is 0.870. The van der Waals surface area contributed by atoms with Gasteiger partial charge in [-0.3, -0.25) is 4.79 Å². The fourth-order valence-electron chi connectivity index (χ4n) is 2.52. The van der Waals surface area contributed by atoms with E-state index < -0.39 is 0 Å². The van der Waals surface area contributed by atoms with E-state index >= 15 is 0 Å². The minimum absolute atomic E-state index is 0.0511. The lowest BCUT2D eigenvalue weighted by Crippen LogP contribution is -2.38. The Hall–Kier alpha value is -2.02. The molecule has 0 bridgehead atoms. The molecule has 1 aliphatic rings. The molecule has 1 atom stereocenters. The zero-order valence-electron chi connectivity index (χ0n) is 11.7. The lowest BCUT2D eigenvalue weighted by Gasteiger charge is -2.34. The molecule has 7 heteroatoms. The zero-order valence-corrected chi connectivity index (χ0v) is 12.5. The smallest absolute Gasteiger partial charge is 0.274 e. The predicted molar refractivity (Wildman–Crippen MR) is 78.3 cm³/mol. The molecule has 3 rings (SSSR count). The van der Waals surface area contributed by atoms with Gasteiger partial charge in [0.05, 0.1) is 13.2 Å². The second-order valence-corrected chi connectivity index (χ2v) is 5.77. The highest BCUT2D eigenvalue weighted by molar-refractivity contribution is 7.09. The SMILES string of the molecule is COc1ccc(C(=O)N2CCCCC2c2nccs2)nn1. The van der Waals surface area contributed by atoms with E-state index in [1.165, 1.54) is 7.11 Å². The largest absolute Gasteiger partial charge is 0.480 e. The first kappa shape index (κ1) is 13.9. The molecule has 110 valence electrons. The maximum atomic E-state index is 12.7. The van der Waals surface area contributed by atoms with Gasteiger partial charge < -0.3 is 9.64 Å². The van der Waals surface area contributed by atoms with Gasteiger partial charge in [0, 0.05) is 24.2 Å². The predicted octanol–water partition coefficient (Wildman–Crippen LogP) is 2.31. The Morgan fingerprint density at radius 1 is 1.38 bits per heavy atom. The van der Waals surface area contributed by atoms with Gasteiger partial charge in [0.1, 0.15) is 5.01 Å². The van der Waals surface area contributed by atoms with Crippen molar-refractivity contribution in [1.82, 2.24) is 20.1 Å². The molecular formula is C14H16N4O2S. The summed E-state index contributed by atoms with van der Waals surface area (Å²) in [6, 6.07) is 3.36. The molecule has 1 saturated heterocycles. The van der Waals surface area contributed by atoms with Crippen LogP contribution in [0.1, 0.15) is 40.8 Å². The van der Waals surface area contributed by atoms with E-state index in [1.807, 2.05) is 10.3 Å². The number of carbonyl (C=O) groups is 1. The first-order chi connectivity index (χ1) is 10.3. The summed E-state index contributed by atoms with van der Waals surface area (Å²) < 4.78 is 4.97. The number of aromatic nitrogens is 3. The molecule has 3 heterocycles. The van der Waals surface area contributed by atoms with Crippen molar-refractivity contribution in [2.75, 3.05) is 13.7 Å². The highest BCUT2D eigenvalue weighted by Gasteiger charge is 2.31. The summed E-state index contributed by atoms with van der Waals surface area (Å²) in [6.07, 6.45) is 4.85. The number of ether oxygens (including phenoxy) is 1. The van der Waals surface area contributed by atoms with Gasteiger partial charge in [-0.1, -0.05) is 0 Å². The zero-order chi connectivity index (χ0) is 14.7. The van der Waals surface area contributed by atoms with E-state index in [1.54, 1.807) is 29.7 Å². The molecule has 1 unspecified atom stereocenters. The summed E-state index contributed by atoms with van der Waals surface area (Å²) >= 11 is 1.59. The van der Waals surface area contributed by atoms with Crippen molar-refractivity contribution in [3.63, 3.8) is 0 Å². The number of rotatable bonds is 3. The molecule has 1 amide bonds. The summed E-state index contributed by atoms with van der Waals surface area (Å²) in [5.74, 6) is 0.312. The number of carbonyl (C=O) groups excluding carboxylic acids is 1. The van der Waals surface area contributed by atoms with Crippen molar-refractivity contribution < 1.29 is 9.53 Å². The molecule has 21 heavy (non-hydrogen) atoms. The van der Waals surface area contributed by atoms with Gasteiger partial charge in [0.15, 0.2) is 5.69 Å². The van der Waals surface area contributed by atoms with Crippen molar-refractivity contribution in [1.29, 1.82) is 0 Å². The number of piperidine rings is 1. The van der Waals surface area contributed by atoms with E-state index in [0.717, 1.165) is 30.8 Å². The summed E-state index contributed by atoms with van der Waals surface area (Å²) in [4.78, 5) is 18.9. The molecule has 6 nitrogen and oxygen atoms in total. The third-order valence-electron chi connectivity index (χ3n) is 3.57. The van der Waals surface area contributed by atoms with Gasteiger partial charge in [-0.2, -0.15) is 0 Å². The van der Waals surface area contributed by atoms with Crippen LogP contribution in [0.3, 0.4) is 0 Å². The first-order valence-electron chi connectivity index (χ1n) is 6.87. The number of likely N-dealkylation sites (tertiary alicyclic amines) is 1. The minimum Gasteiger partial charge on any atom is -0.480 e. The van der Waals surface area contributed by atoms with Gasteiger partial charge in [0.2, 0.25) is 5.88 Å². The standard InChI is InChI=1S/C14H16N4O2S/c1-20-12-6-5-10(16-17-12)14(19)18-8-3-2-4-11(18)13-15-7-9-21-13/h5-7,9,11H,2-4,8H2,1H3. The summed E-state index contributed by atoms with van der Waals surface area (Å²) in [5, 5.41) is 10.8. The Morgan fingerprint density at radius 3 is 2.95 bits per heavy atom. The number of nitrogens with zero attached hydrogens (tertiary/aromatic N) is 4. The second-order valence-electron chi connectivity index (χ2n) is 4.84. The molecule has 0 N–H and O–H groups in total. The Labute approximate surface area is 126 Å². The molecule has 1 aliphatic heterocycles. The third kappa shape index (κ3) is 2.87. The van der Waals surface area contributed by atoms with Crippen LogP contribution in [0.4, 0.5) is 0 Å². The maximum Gasteiger partial charge on any atom is 0.274 e. The molecule has 0 saturated carbocycles. The van der Waals surface area contributed by atoms with Crippen molar-refractivity contribution in [3.8, 4) is 5.88 Å². The van der Waals surface area contributed by atoms with Crippen LogP contribution in [0.2, 0.25) is 0 Å². The second kappa shape index (κ2) is 6.17. The number of amides is 1. The Kier molecular flexibility index (Phi) is 4.10. The average molecular weight is 304 g/mol. The topological polar surface area (TPSA) is 68.2 Å². The van der Waals surface area contributed by atoms with Gasteiger partial charge in [-0.15, -0.1) is 21.5 Å². The number of hydrogen-bond acceptors (Lipinski definition) is 6. The van der Waals surface area contributed by atoms with Gasteiger partial charge in [0.25, 0.3) is 5.91 Å². The van der Waals surface area contributed by atoms with Crippen LogP contribution in [-0.2, 0) is 0 Å². The average Bonchev–Trinajstić information content (AvgIpc) is 3.08. The van der Waals surface area contributed by atoms with Crippen molar-refractivity contribution in [2.24, 2.45) is 0 Å². The van der Waals surface area contributed by atoms with E-state index in [4.69, 9.17) is 4.74 Å². The van der Waals surface area contributed by atoms with Gasteiger partial charge in [-0.05, 0) is 25.3 Å². The van der Waals surface area contributed by atoms with Crippen LogP contribution in [-0.4, -0.2) is 39.6 Å². The molecule has 1 fully saturated rings. The highest BCUT2D eigenvalue weighted by atomic mass is 32.1. The Bertz CT molecular complexity index is 600. The molecule has 0 aromatic carbocycles. The van der Waals surface area contributed by atoms with Crippen LogP contribution in [0, 0.1) is 0 Å². The molecule has 0 aliphatic carbocycles. The highest BCUT2D eigenvalue weighted by Crippen LogP contribution is 2.32. The fraction of sp³-hybridized carbons (Fsp3) is 0.429. The number of thiazole rings is 1. The van der Waals surface area contributed by atoms with E-state index in [0.29, 0.717) is 11.6 Å². The molecule has 0 radical (unpaired) electrons. The van der Waals surface area contributed by atoms with Gasteiger partial charge in [-0.25, -0.2) is 4.98 Å². The fourth-order valence-corrected chi connectivity index (χ4v) is 3.31. The number of hydrogen-bond donors (Lipinski definition) is 0. The van der Waals surface area contributed by atoms with E-state index in [-0.39, 0.29) is 11.9 Å². The molecule has 0 spiro atoms. The normalized spacial score (nSPS) is 18.5. The van der Waals surface area contributed by atoms with Crippen molar-refractivity contribution in [3.05, 3.63) is 34.4 Å². The molecule has 2 aromatic rings. The maximum absolute atomic E-state index is 12.7. The van der Waals surface area contributed by atoms with Crippen LogP contribution in [0.25, 0.3) is 0 Å². The van der Waals surface area contributed by atoms with E-state index in [9.17, 15) is 4.79 Å². The summed E-state index contributed by atoms with van der Waals surface area (Å²) in [5.41, 5.74) is 0.347. The molecule has 2 aromatic heterocycles. The van der Waals surface area contributed by atoms with Crippen molar-refractivity contribution in [2.45, 2.75) is 25.3 Å². The van der Waals surface area contributed by atoms with Crippen LogP contribution in [0.5, 0.6) is 5.88 Å². The minimum atomic E-state index is -0.0925. The van der Waals surface area contributed by atoms with Crippen LogP contribution < -0.4 is 4.74 Å². The van der Waals surface area contributed by atoms with Crippen molar-refractivity contribution >= 4 is 17.2 Å².